The van der Waals surface area contributed by atoms with Crippen LogP contribution in [-0.2, 0) is 9.53 Å². The number of amides is 1. The average Bonchev–Trinajstić information content (AvgIpc) is 2.29. The van der Waals surface area contributed by atoms with E-state index < -0.39 is 0 Å². The maximum atomic E-state index is 11.0. The number of rotatable bonds is 5. The lowest BCUT2D eigenvalue weighted by Gasteiger charge is -2.35. The molecule has 5 heteroatoms. The summed E-state index contributed by atoms with van der Waals surface area (Å²) < 4.78 is 5.64. The number of hydrogen-bond acceptors (Lipinski definition) is 4. The summed E-state index contributed by atoms with van der Waals surface area (Å²) in [7, 11) is 1.64. The number of likely N-dealkylation sites (N-methyl/N-ethyl adjacent to an activating group) is 1. The molecule has 0 aromatic heterocycles. The number of hydrogen-bond donors (Lipinski definition) is 2. The molecule has 1 aliphatic heterocycles. The van der Waals surface area contributed by atoms with Gasteiger partial charge in [-0.05, 0) is 13.8 Å². The molecular formula is C11H23N3O2. The molecule has 0 bridgehead atoms. The summed E-state index contributed by atoms with van der Waals surface area (Å²) in [5.74, 6) is 0.0107. The highest BCUT2D eigenvalue weighted by Gasteiger charge is 2.21. The van der Waals surface area contributed by atoms with Gasteiger partial charge in [-0.25, -0.2) is 0 Å². The van der Waals surface area contributed by atoms with E-state index in [1.54, 1.807) is 7.05 Å². The molecule has 0 aromatic carbocycles. The highest BCUT2D eigenvalue weighted by molar-refractivity contribution is 5.77. The number of carbonyl (C=O) groups excluding carboxylic acids is 1. The molecule has 1 aliphatic rings. The first-order chi connectivity index (χ1) is 7.63. The Hall–Kier alpha value is -0.650. The van der Waals surface area contributed by atoms with E-state index in [1.165, 1.54) is 0 Å². The lowest BCUT2D eigenvalue weighted by molar-refractivity contribution is -0.119. The molecule has 1 atom stereocenters. The van der Waals surface area contributed by atoms with Gasteiger partial charge >= 0.3 is 0 Å². The van der Waals surface area contributed by atoms with Crippen molar-refractivity contribution in [1.82, 2.24) is 15.5 Å². The van der Waals surface area contributed by atoms with Gasteiger partial charge in [0.2, 0.25) is 5.91 Å². The Labute approximate surface area is 97.5 Å². The van der Waals surface area contributed by atoms with Gasteiger partial charge in [0.1, 0.15) is 0 Å². The molecule has 1 heterocycles. The second-order valence-electron chi connectivity index (χ2n) is 4.39. The zero-order valence-corrected chi connectivity index (χ0v) is 10.5. The first-order valence-electron chi connectivity index (χ1n) is 5.90. The number of carbonyl (C=O) groups is 1. The van der Waals surface area contributed by atoms with Crippen molar-refractivity contribution in [2.24, 2.45) is 0 Å². The Morgan fingerprint density at radius 3 is 2.94 bits per heavy atom. The second-order valence-corrected chi connectivity index (χ2v) is 4.39. The highest BCUT2D eigenvalue weighted by atomic mass is 16.5. The number of morpholine rings is 1. The van der Waals surface area contributed by atoms with E-state index in [2.05, 4.69) is 29.4 Å². The molecule has 2 N–H and O–H groups in total. The van der Waals surface area contributed by atoms with E-state index in [4.69, 9.17) is 4.74 Å². The van der Waals surface area contributed by atoms with Crippen molar-refractivity contribution in [3.63, 3.8) is 0 Å². The van der Waals surface area contributed by atoms with Crippen molar-refractivity contribution in [3.05, 3.63) is 0 Å². The van der Waals surface area contributed by atoms with Gasteiger partial charge in [-0.3, -0.25) is 9.69 Å². The van der Waals surface area contributed by atoms with Crippen molar-refractivity contribution in [3.8, 4) is 0 Å². The summed E-state index contributed by atoms with van der Waals surface area (Å²) in [6.07, 6.45) is 0.195. The number of nitrogens with zero attached hydrogens (tertiary/aromatic N) is 1. The normalized spacial score (nSPS) is 22.4. The molecule has 16 heavy (non-hydrogen) atoms. The summed E-state index contributed by atoms with van der Waals surface area (Å²) in [5.41, 5.74) is 0. The van der Waals surface area contributed by atoms with Crippen LogP contribution in [0.5, 0.6) is 0 Å². The SMILES string of the molecule is CNC(=O)CNCC1CN(C(C)C)CCO1. The Morgan fingerprint density at radius 2 is 2.31 bits per heavy atom. The van der Waals surface area contributed by atoms with Crippen LogP contribution >= 0.6 is 0 Å². The predicted molar refractivity (Wildman–Crippen MR) is 63.4 cm³/mol. The molecule has 0 aromatic rings. The van der Waals surface area contributed by atoms with Crippen LogP contribution in [0.1, 0.15) is 13.8 Å². The molecule has 0 spiro atoms. The largest absolute Gasteiger partial charge is 0.374 e. The first kappa shape index (κ1) is 13.4. The maximum Gasteiger partial charge on any atom is 0.233 e. The fourth-order valence-electron chi connectivity index (χ4n) is 1.77. The fraction of sp³-hybridized carbons (Fsp3) is 0.909. The van der Waals surface area contributed by atoms with Crippen molar-refractivity contribution in [1.29, 1.82) is 0 Å². The Bertz CT molecular complexity index is 221. The lowest BCUT2D eigenvalue weighted by Crippen LogP contribution is -2.49. The number of nitrogens with one attached hydrogen (secondary N) is 2. The van der Waals surface area contributed by atoms with Crippen molar-refractivity contribution in [2.75, 3.05) is 39.8 Å². The summed E-state index contributed by atoms with van der Waals surface area (Å²) in [4.78, 5) is 13.4. The molecule has 94 valence electrons. The average molecular weight is 229 g/mol. The number of ether oxygens (including phenoxy) is 1. The molecule has 1 rings (SSSR count). The predicted octanol–water partition coefficient (Wildman–Crippen LogP) is -0.569. The zero-order valence-electron chi connectivity index (χ0n) is 10.5. The lowest BCUT2D eigenvalue weighted by atomic mass is 10.2. The van der Waals surface area contributed by atoms with Crippen LogP contribution < -0.4 is 10.6 Å². The van der Waals surface area contributed by atoms with Crippen molar-refractivity contribution >= 4 is 5.91 Å². The van der Waals surface area contributed by atoms with Crippen LogP contribution in [0.4, 0.5) is 0 Å². The summed E-state index contributed by atoms with van der Waals surface area (Å²) in [5, 5.41) is 5.68. The third-order valence-electron chi connectivity index (χ3n) is 2.84. The topological polar surface area (TPSA) is 53.6 Å². The van der Waals surface area contributed by atoms with Gasteiger partial charge in [-0.2, -0.15) is 0 Å². The van der Waals surface area contributed by atoms with Gasteiger partial charge in [-0.1, -0.05) is 0 Å². The molecule has 5 nitrogen and oxygen atoms in total. The molecule has 0 radical (unpaired) electrons. The van der Waals surface area contributed by atoms with Crippen molar-refractivity contribution in [2.45, 2.75) is 26.0 Å². The fourth-order valence-corrected chi connectivity index (χ4v) is 1.77. The molecule has 1 fully saturated rings. The Kier molecular flexibility index (Phi) is 5.73. The Balaban J connectivity index is 2.19. The van der Waals surface area contributed by atoms with E-state index in [0.29, 0.717) is 12.6 Å². The summed E-state index contributed by atoms with van der Waals surface area (Å²) in [6.45, 7) is 8.21. The maximum absolute atomic E-state index is 11.0. The third-order valence-corrected chi connectivity index (χ3v) is 2.84. The van der Waals surface area contributed by atoms with Crippen LogP contribution in [0, 0.1) is 0 Å². The van der Waals surface area contributed by atoms with Gasteiger partial charge < -0.3 is 15.4 Å². The van der Waals surface area contributed by atoms with Crippen LogP contribution in [0.2, 0.25) is 0 Å². The van der Waals surface area contributed by atoms with Crippen LogP contribution in [0.15, 0.2) is 0 Å². The van der Waals surface area contributed by atoms with Crippen molar-refractivity contribution < 1.29 is 9.53 Å². The van der Waals surface area contributed by atoms with E-state index >= 15 is 0 Å². The summed E-state index contributed by atoms with van der Waals surface area (Å²) >= 11 is 0. The van der Waals surface area contributed by atoms with Gasteiger partial charge in [0, 0.05) is 32.7 Å². The van der Waals surface area contributed by atoms with Gasteiger partial charge in [0.05, 0.1) is 19.3 Å². The zero-order chi connectivity index (χ0) is 12.0. The van der Waals surface area contributed by atoms with E-state index in [-0.39, 0.29) is 12.0 Å². The van der Waals surface area contributed by atoms with Crippen LogP contribution in [-0.4, -0.2) is 62.8 Å². The molecular weight excluding hydrogens is 206 g/mol. The molecule has 1 saturated heterocycles. The van der Waals surface area contributed by atoms with Gasteiger partial charge in [0.15, 0.2) is 0 Å². The van der Waals surface area contributed by atoms with Crippen LogP contribution in [0.25, 0.3) is 0 Å². The first-order valence-corrected chi connectivity index (χ1v) is 5.90. The van der Waals surface area contributed by atoms with Gasteiger partial charge in [-0.15, -0.1) is 0 Å². The third kappa shape index (κ3) is 4.47. The Morgan fingerprint density at radius 1 is 1.56 bits per heavy atom. The van der Waals surface area contributed by atoms with E-state index in [9.17, 15) is 4.79 Å². The molecule has 1 amide bonds. The molecule has 1 unspecified atom stereocenters. The van der Waals surface area contributed by atoms with E-state index in [1.807, 2.05) is 0 Å². The molecule has 0 saturated carbocycles. The second kappa shape index (κ2) is 6.83. The minimum absolute atomic E-state index is 0.0107. The summed E-state index contributed by atoms with van der Waals surface area (Å²) in [6, 6.07) is 0.561. The van der Waals surface area contributed by atoms with Gasteiger partial charge in [0.25, 0.3) is 0 Å². The van der Waals surface area contributed by atoms with E-state index in [0.717, 1.165) is 26.2 Å². The van der Waals surface area contributed by atoms with Crippen LogP contribution in [0.3, 0.4) is 0 Å². The minimum Gasteiger partial charge on any atom is -0.374 e. The minimum atomic E-state index is 0.0107. The standard InChI is InChI=1S/C11H23N3O2/c1-9(2)14-4-5-16-10(8-14)6-13-7-11(15)12-3/h9-10,13H,4-8H2,1-3H3,(H,12,15). The molecule has 0 aliphatic carbocycles. The monoisotopic (exact) mass is 229 g/mol. The quantitative estimate of drug-likeness (QED) is 0.663. The highest BCUT2D eigenvalue weighted by Crippen LogP contribution is 2.07. The smallest absolute Gasteiger partial charge is 0.233 e.